The molecule has 6 heteroatoms. The number of aliphatic hydroxyl groups excluding tert-OH is 1. The van der Waals surface area contributed by atoms with Crippen LogP contribution in [-0.2, 0) is 9.53 Å². The predicted molar refractivity (Wildman–Crippen MR) is 122 cm³/mol. The van der Waals surface area contributed by atoms with E-state index < -0.39 is 6.29 Å². The van der Waals surface area contributed by atoms with E-state index in [1.54, 1.807) is 18.2 Å². The Balaban J connectivity index is 1.45. The number of piperidine rings is 1. The standard InChI is InChI=1S/C25H32ClNO4/c1-19-9-4-5-14-23(19)31-24-21(12-7-13-22(24)26)25(29)30-16-6-2-3-10-20-11-8-15-27(17-20)18-28/h4-5,7,9,12-14,18,20,25,29H,2-3,6,8,10-11,15-17H2,1H3/t20-,25+/m1/s1. The number of amides is 1. The highest BCUT2D eigenvalue weighted by Gasteiger charge is 2.19. The minimum absolute atomic E-state index is 0.419. The molecule has 0 unspecified atom stereocenters. The van der Waals surface area contributed by atoms with Crippen molar-refractivity contribution in [2.75, 3.05) is 19.7 Å². The molecule has 1 amide bonds. The fraction of sp³-hybridized carbons (Fsp3) is 0.480. The van der Waals surface area contributed by atoms with Crippen LogP contribution < -0.4 is 4.74 Å². The monoisotopic (exact) mass is 445 g/mol. The number of carbonyl (C=O) groups is 1. The summed E-state index contributed by atoms with van der Waals surface area (Å²) in [6, 6.07) is 13.0. The second kappa shape index (κ2) is 12.1. The zero-order valence-corrected chi connectivity index (χ0v) is 18.9. The van der Waals surface area contributed by atoms with Gasteiger partial charge in [-0.1, -0.05) is 54.8 Å². The summed E-state index contributed by atoms with van der Waals surface area (Å²) in [6.45, 7) is 4.20. The molecule has 1 N–H and O–H groups in total. The number of likely N-dealkylation sites (tertiary alicyclic amines) is 1. The molecule has 0 radical (unpaired) electrons. The molecule has 3 rings (SSSR count). The zero-order valence-electron chi connectivity index (χ0n) is 18.1. The van der Waals surface area contributed by atoms with E-state index in [-0.39, 0.29) is 0 Å². The molecule has 2 atom stereocenters. The Hall–Kier alpha value is -2.08. The molecule has 1 aliphatic rings. The predicted octanol–water partition coefficient (Wildman–Crippen LogP) is 5.88. The Labute approximate surface area is 189 Å². The Morgan fingerprint density at radius 2 is 2.03 bits per heavy atom. The van der Waals surface area contributed by atoms with Crippen LogP contribution in [0.2, 0.25) is 5.02 Å². The van der Waals surface area contributed by atoms with Crippen LogP contribution in [0.3, 0.4) is 0 Å². The summed E-state index contributed by atoms with van der Waals surface area (Å²) in [6.07, 6.45) is 6.32. The number of hydrogen-bond donors (Lipinski definition) is 1. The first kappa shape index (κ1) is 23.6. The lowest BCUT2D eigenvalue weighted by Gasteiger charge is -2.29. The summed E-state index contributed by atoms with van der Waals surface area (Å²) in [5, 5.41) is 11.0. The van der Waals surface area contributed by atoms with Crippen molar-refractivity contribution in [3.63, 3.8) is 0 Å². The topological polar surface area (TPSA) is 59.0 Å². The summed E-state index contributed by atoms with van der Waals surface area (Å²) < 4.78 is 11.7. The van der Waals surface area contributed by atoms with Crippen LogP contribution in [0, 0.1) is 12.8 Å². The maximum absolute atomic E-state index is 10.9. The second-order valence-corrected chi connectivity index (χ2v) is 8.61. The number of para-hydroxylation sites is 2. The summed E-state index contributed by atoms with van der Waals surface area (Å²) in [5.74, 6) is 1.72. The smallest absolute Gasteiger partial charge is 0.209 e. The van der Waals surface area contributed by atoms with E-state index in [0.717, 1.165) is 57.2 Å². The Morgan fingerprint density at radius 3 is 2.84 bits per heavy atom. The van der Waals surface area contributed by atoms with Gasteiger partial charge >= 0.3 is 0 Å². The molecule has 1 aliphatic heterocycles. The summed E-state index contributed by atoms with van der Waals surface area (Å²) in [7, 11) is 0. The first-order valence-electron chi connectivity index (χ1n) is 11.1. The van der Waals surface area contributed by atoms with Gasteiger partial charge in [-0.25, -0.2) is 0 Å². The van der Waals surface area contributed by atoms with Gasteiger partial charge in [0.1, 0.15) is 5.75 Å². The van der Waals surface area contributed by atoms with Gasteiger partial charge in [0.2, 0.25) is 6.41 Å². The van der Waals surface area contributed by atoms with Crippen molar-refractivity contribution in [1.82, 2.24) is 4.90 Å². The third-order valence-corrected chi connectivity index (χ3v) is 6.10. The normalized spacial score (nSPS) is 17.4. The number of halogens is 1. The fourth-order valence-corrected chi connectivity index (χ4v) is 4.25. The third-order valence-electron chi connectivity index (χ3n) is 5.80. The lowest BCUT2D eigenvalue weighted by atomic mass is 9.93. The molecule has 2 aromatic rings. The molecule has 0 aliphatic carbocycles. The average Bonchev–Trinajstić information content (AvgIpc) is 2.78. The van der Waals surface area contributed by atoms with E-state index in [2.05, 4.69) is 0 Å². The zero-order chi connectivity index (χ0) is 22.1. The first-order valence-corrected chi connectivity index (χ1v) is 11.5. The van der Waals surface area contributed by atoms with Gasteiger partial charge in [0.25, 0.3) is 0 Å². The van der Waals surface area contributed by atoms with E-state index in [0.29, 0.717) is 34.6 Å². The molecule has 0 spiro atoms. The number of aryl methyl sites for hydroxylation is 1. The fourth-order valence-electron chi connectivity index (χ4n) is 4.03. The van der Waals surface area contributed by atoms with Crippen LogP contribution in [0.25, 0.3) is 0 Å². The second-order valence-electron chi connectivity index (χ2n) is 8.21. The molecule has 5 nitrogen and oxygen atoms in total. The van der Waals surface area contributed by atoms with Gasteiger partial charge in [-0.15, -0.1) is 0 Å². The molecule has 0 saturated carbocycles. The van der Waals surface area contributed by atoms with E-state index in [9.17, 15) is 9.90 Å². The highest BCUT2D eigenvalue weighted by atomic mass is 35.5. The number of benzene rings is 2. The van der Waals surface area contributed by atoms with Crippen LogP contribution in [0.1, 0.15) is 55.9 Å². The summed E-state index contributed by atoms with van der Waals surface area (Å²) in [4.78, 5) is 12.8. The molecule has 0 aromatic heterocycles. The Morgan fingerprint density at radius 1 is 1.19 bits per heavy atom. The quantitative estimate of drug-likeness (QED) is 0.266. The van der Waals surface area contributed by atoms with Crippen LogP contribution in [-0.4, -0.2) is 36.1 Å². The first-order chi connectivity index (χ1) is 15.1. The summed E-state index contributed by atoms with van der Waals surface area (Å²) in [5.41, 5.74) is 1.50. The SMILES string of the molecule is Cc1ccccc1Oc1c(Cl)cccc1[C@@H](O)OCCCCC[C@@H]1CCCN(C=O)C1. The minimum Gasteiger partial charge on any atom is -0.455 e. The van der Waals surface area contributed by atoms with Crippen LogP contribution in [0.5, 0.6) is 11.5 Å². The Bertz CT molecular complexity index is 844. The number of unbranched alkanes of at least 4 members (excludes halogenated alkanes) is 2. The van der Waals surface area contributed by atoms with Crippen LogP contribution in [0.15, 0.2) is 42.5 Å². The van der Waals surface area contributed by atoms with Crippen molar-refractivity contribution in [3.05, 3.63) is 58.6 Å². The number of aliphatic hydroxyl groups is 1. The van der Waals surface area contributed by atoms with E-state index in [1.807, 2.05) is 36.1 Å². The van der Waals surface area contributed by atoms with Gasteiger partial charge in [0.15, 0.2) is 12.0 Å². The minimum atomic E-state index is -1.10. The van der Waals surface area contributed by atoms with Crippen molar-refractivity contribution < 1.29 is 19.4 Å². The molecule has 0 bridgehead atoms. The van der Waals surface area contributed by atoms with Gasteiger partial charge in [-0.2, -0.15) is 0 Å². The van der Waals surface area contributed by atoms with E-state index in [4.69, 9.17) is 21.1 Å². The van der Waals surface area contributed by atoms with E-state index in [1.165, 1.54) is 6.42 Å². The maximum atomic E-state index is 10.9. The van der Waals surface area contributed by atoms with Crippen molar-refractivity contribution in [1.29, 1.82) is 0 Å². The lowest BCUT2D eigenvalue weighted by Crippen LogP contribution is -2.34. The largest absolute Gasteiger partial charge is 0.455 e. The lowest BCUT2D eigenvalue weighted by molar-refractivity contribution is -0.119. The number of carbonyl (C=O) groups excluding carboxylic acids is 1. The Kier molecular flexibility index (Phi) is 9.19. The average molecular weight is 446 g/mol. The van der Waals surface area contributed by atoms with Crippen molar-refractivity contribution >= 4 is 18.0 Å². The van der Waals surface area contributed by atoms with Crippen LogP contribution in [0.4, 0.5) is 0 Å². The van der Waals surface area contributed by atoms with Gasteiger partial charge in [0.05, 0.1) is 17.2 Å². The van der Waals surface area contributed by atoms with Crippen molar-refractivity contribution in [2.45, 2.75) is 51.7 Å². The number of ether oxygens (including phenoxy) is 2. The molecular weight excluding hydrogens is 414 g/mol. The molecule has 2 aromatic carbocycles. The van der Waals surface area contributed by atoms with Gasteiger partial charge in [0, 0.05) is 13.1 Å². The van der Waals surface area contributed by atoms with Crippen LogP contribution >= 0.6 is 11.6 Å². The maximum Gasteiger partial charge on any atom is 0.209 e. The third kappa shape index (κ3) is 6.96. The molecule has 1 fully saturated rings. The van der Waals surface area contributed by atoms with Crippen molar-refractivity contribution in [3.8, 4) is 11.5 Å². The van der Waals surface area contributed by atoms with Gasteiger partial charge in [-0.3, -0.25) is 4.79 Å². The number of rotatable bonds is 11. The molecular formula is C25H32ClNO4. The van der Waals surface area contributed by atoms with Crippen molar-refractivity contribution in [2.24, 2.45) is 5.92 Å². The summed E-state index contributed by atoms with van der Waals surface area (Å²) >= 11 is 6.36. The highest BCUT2D eigenvalue weighted by Crippen LogP contribution is 2.37. The number of nitrogens with zero attached hydrogens (tertiary/aromatic N) is 1. The highest BCUT2D eigenvalue weighted by molar-refractivity contribution is 6.32. The van der Waals surface area contributed by atoms with Gasteiger partial charge in [-0.05, 0) is 56.2 Å². The molecule has 1 saturated heterocycles. The van der Waals surface area contributed by atoms with E-state index >= 15 is 0 Å². The molecule has 31 heavy (non-hydrogen) atoms. The van der Waals surface area contributed by atoms with Gasteiger partial charge < -0.3 is 19.5 Å². The molecule has 168 valence electrons. The molecule has 1 heterocycles. The number of hydrogen-bond acceptors (Lipinski definition) is 4.